The molecule has 1 amide bonds. The molecule has 2 aromatic heterocycles. The number of hydrogen-bond acceptors (Lipinski definition) is 5. The summed E-state index contributed by atoms with van der Waals surface area (Å²) >= 11 is 0. The van der Waals surface area contributed by atoms with E-state index in [9.17, 15) is 4.79 Å². The molecule has 2 aromatic rings. The molecule has 0 aromatic carbocycles. The van der Waals surface area contributed by atoms with Gasteiger partial charge in [0.25, 0.3) is 5.91 Å². The van der Waals surface area contributed by atoms with Gasteiger partial charge in [-0.3, -0.25) is 14.5 Å². The fourth-order valence-electron chi connectivity index (χ4n) is 1.55. The van der Waals surface area contributed by atoms with Crippen LogP contribution >= 0.6 is 0 Å². The number of hydrogen-bond donors (Lipinski definition) is 2. The van der Waals surface area contributed by atoms with E-state index in [0.29, 0.717) is 30.1 Å². The van der Waals surface area contributed by atoms with Gasteiger partial charge in [0, 0.05) is 19.5 Å². The van der Waals surface area contributed by atoms with Crippen molar-refractivity contribution in [3.63, 3.8) is 0 Å². The van der Waals surface area contributed by atoms with Crippen LogP contribution in [0.3, 0.4) is 0 Å². The van der Waals surface area contributed by atoms with Crippen LogP contribution < -0.4 is 11.1 Å². The Morgan fingerprint density at radius 2 is 2.37 bits per heavy atom. The molecule has 0 saturated carbocycles. The lowest BCUT2D eigenvalue weighted by Gasteiger charge is -2.04. The maximum Gasteiger partial charge on any atom is 0.257 e. The number of aromatic nitrogens is 3. The van der Waals surface area contributed by atoms with Crippen molar-refractivity contribution in [3.05, 3.63) is 36.4 Å². The van der Waals surface area contributed by atoms with E-state index in [1.165, 1.54) is 12.4 Å². The number of ether oxygens (including phenoxy) is 1. The quantitative estimate of drug-likeness (QED) is 0.828. The molecule has 7 heteroatoms. The Balaban J connectivity index is 2.03. The van der Waals surface area contributed by atoms with Gasteiger partial charge in [-0.05, 0) is 6.07 Å². The number of nitrogen functional groups attached to an aromatic ring is 1. The Hall–Kier alpha value is -2.41. The second-order valence-electron chi connectivity index (χ2n) is 3.90. The summed E-state index contributed by atoms with van der Waals surface area (Å²) in [4.78, 5) is 15.8. The first kappa shape index (κ1) is 13.0. The van der Waals surface area contributed by atoms with Crippen LogP contribution in [0.15, 0.2) is 30.9 Å². The van der Waals surface area contributed by atoms with Crippen LogP contribution in [-0.2, 0) is 11.3 Å². The van der Waals surface area contributed by atoms with Crippen LogP contribution in [0.4, 0.5) is 11.4 Å². The molecule has 0 spiro atoms. The van der Waals surface area contributed by atoms with Crippen LogP contribution in [0.5, 0.6) is 0 Å². The molecule has 0 atom stereocenters. The van der Waals surface area contributed by atoms with Crippen molar-refractivity contribution in [2.24, 2.45) is 0 Å². The first-order chi connectivity index (χ1) is 9.20. The Morgan fingerprint density at radius 3 is 3.11 bits per heavy atom. The number of pyridine rings is 1. The Kier molecular flexibility index (Phi) is 4.09. The second kappa shape index (κ2) is 5.96. The third-order valence-electron chi connectivity index (χ3n) is 2.51. The molecule has 7 nitrogen and oxygen atoms in total. The maximum atomic E-state index is 12.0. The van der Waals surface area contributed by atoms with Crippen LogP contribution in [-0.4, -0.2) is 34.4 Å². The fraction of sp³-hybridized carbons (Fsp3) is 0.250. The van der Waals surface area contributed by atoms with E-state index in [0.717, 1.165) is 0 Å². The minimum Gasteiger partial charge on any atom is -0.397 e. The van der Waals surface area contributed by atoms with Gasteiger partial charge in [-0.15, -0.1) is 0 Å². The zero-order valence-electron chi connectivity index (χ0n) is 10.5. The highest BCUT2D eigenvalue weighted by Gasteiger charge is 2.10. The molecule has 2 rings (SSSR count). The summed E-state index contributed by atoms with van der Waals surface area (Å²) < 4.78 is 6.64. The van der Waals surface area contributed by atoms with Gasteiger partial charge in [0.1, 0.15) is 0 Å². The SMILES string of the molecule is COCCn1cc(NC(=O)c2ccncc2N)cn1. The molecule has 100 valence electrons. The molecule has 0 fully saturated rings. The van der Waals surface area contributed by atoms with E-state index in [2.05, 4.69) is 15.4 Å². The number of nitrogens with zero attached hydrogens (tertiary/aromatic N) is 3. The highest BCUT2D eigenvalue weighted by Crippen LogP contribution is 2.12. The van der Waals surface area contributed by atoms with E-state index >= 15 is 0 Å². The van der Waals surface area contributed by atoms with Crippen LogP contribution in [0.1, 0.15) is 10.4 Å². The second-order valence-corrected chi connectivity index (χ2v) is 3.90. The smallest absolute Gasteiger partial charge is 0.257 e. The number of methoxy groups -OCH3 is 1. The molecule has 0 aliphatic heterocycles. The van der Waals surface area contributed by atoms with Crippen LogP contribution in [0.25, 0.3) is 0 Å². The van der Waals surface area contributed by atoms with E-state index in [1.807, 2.05) is 0 Å². The minimum absolute atomic E-state index is 0.286. The molecular weight excluding hydrogens is 246 g/mol. The Morgan fingerprint density at radius 1 is 1.53 bits per heavy atom. The predicted octanol–water partition coefficient (Wildman–Crippen LogP) is 0.759. The topological polar surface area (TPSA) is 95.1 Å². The summed E-state index contributed by atoms with van der Waals surface area (Å²) in [6, 6.07) is 1.57. The van der Waals surface area contributed by atoms with Gasteiger partial charge >= 0.3 is 0 Å². The van der Waals surface area contributed by atoms with Gasteiger partial charge < -0.3 is 15.8 Å². The zero-order chi connectivity index (χ0) is 13.7. The lowest BCUT2D eigenvalue weighted by molar-refractivity contribution is 0.102. The molecule has 0 radical (unpaired) electrons. The van der Waals surface area contributed by atoms with Gasteiger partial charge in [-0.1, -0.05) is 0 Å². The average Bonchev–Trinajstić information content (AvgIpc) is 2.84. The summed E-state index contributed by atoms with van der Waals surface area (Å²) in [5.74, 6) is -0.286. The number of nitrogens with two attached hydrogens (primary N) is 1. The number of nitrogens with one attached hydrogen (secondary N) is 1. The highest BCUT2D eigenvalue weighted by molar-refractivity contribution is 6.07. The molecule has 0 aliphatic carbocycles. The van der Waals surface area contributed by atoms with Gasteiger partial charge in [0.05, 0.1) is 42.5 Å². The summed E-state index contributed by atoms with van der Waals surface area (Å²) in [6.45, 7) is 1.19. The molecule has 19 heavy (non-hydrogen) atoms. The van der Waals surface area contributed by atoms with Crippen molar-refractivity contribution >= 4 is 17.3 Å². The number of amides is 1. The lowest BCUT2D eigenvalue weighted by atomic mass is 10.2. The van der Waals surface area contributed by atoms with E-state index in [-0.39, 0.29) is 5.91 Å². The van der Waals surface area contributed by atoms with Gasteiger partial charge in [-0.2, -0.15) is 5.10 Å². The number of anilines is 2. The van der Waals surface area contributed by atoms with Gasteiger partial charge in [0.15, 0.2) is 0 Å². The van der Waals surface area contributed by atoms with Crippen molar-refractivity contribution < 1.29 is 9.53 Å². The standard InChI is InChI=1S/C12H15N5O2/c1-19-5-4-17-8-9(6-15-17)16-12(18)10-2-3-14-7-11(10)13/h2-3,6-8H,4-5,13H2,1H3,(H,16,18). The Bertz CT molecular complexity index is 567. The van der Waals surface area contributed by atoms with E-state index in [4.69, 9.17) is 10.5 Å². The highest BCUT2D eigenvalue weighted by atomic mass is 16.5. The van der Waals surface area contributed by atoms with Crippen molar-refractivity contribution in [1.29, 1.82) is 0 Å². The maximum absolute atomic E-state index is 12.0. The number of carbonyl (C=O) groups is 1. The molecule has 2 heterocycles. The van der Waals surface area contributed by atoms with Crippen molar-refractivity contribution in [3.8, 4) is 0 Å². The van der Waals surface area contributed by atoms with Gasteiger partial charge in [-0.25, -0.2) is 0 Å². The number of carbonyl (C=O) groups excluding carboxylic acids is 1. The largest absolute Gasteiger partial charge is 0.397 e. The minimum atomic E-state index is -0.286. The molecule has 0 unspecified atom stereocenters. The lowest BCUT2D eigenvalue weighted by Crippen LogP contribution is -2.13. The van der Waals surface area contributed by atoms with E-state index in [1.54, 1.807) is 30.3 Å². The zero-order valence-corrected chi connectivity index (χ0v) is 10.5. The average molecular weight is 261 g/mol. The van der Waals surface area contributed by atoms with Crippen molar-refractivity contribution in [1.82, 2.24) is 14.8 Å². The fourth-order valence-corrected chi connectivity index (χ4v) is 1.55. The third kappa shape index (κ3) is 3.29. The summed E-state index contributed by atoms with van der Waals surface area (Å²) in [5.41, 5.74) is 7.02. The molecule has 0 aliphatic rings. The van der Waals surface area contributed by atoms with Gasteiger partial charge in [0.2, 0.25) is 0 Å². The molecule has 3 N–H and O–H groups in total. The van der Waals surface area contributed by atoms with E-state index < -0.39 is 0 Å². The first-order valence-corrected chi connectivity index (χ1v) is 5.73. The van der Waals surface area contributed by atoms with Crippen molar-refractivity contribution in [2.45, 2.75) is 6.54 Å². The Labute approximate surface area is 110 Å². The summed E-state index contributed by atoms with van der Waals surface area (Å²) in [5, 5.41) is 6.83. The summed E-state index contributed by atoms with van der Waals surface area (Å²) in [6.07, 6.45) is 6.27. The van der Waals surface area contributed by atoms with Crippen molar-refractivity contribution in [2.75, 3.05) is 24.8 Å². The normalized spacial score (nSPS) is 10.4. The molecular formula is C12H15N5O2. The number of rotatable bonds is 5. The summed E-state index contributed by atoms with van der Waals surface area (Å²) in [7, 11) is 1.62. The predicted molar refractivity (Wildman–Crippen MR) is 70.7 cm³/mol. The third-order valence-corrected chi connectivity index (χ3v) is 2.51. The monoisotopic (exact) mass is 261 g/mol. The first-order valence-electron chi connectivity index (χ1n) is 5.73. The van der Waals surface area contributed by atoms with Crippen LogP contribution in [0, 0.1) is 0 Å². The molecule has 0 saturated heterocycles. The van der Waals surface area contributed by atoms with Crippen LogP contribution in [0.2, 0.25) is 0 Å². The molecule has 0 bridgehead atoms.